The normalized spacial score (nSPS) is 16.6. The van der Waals surface area contributed by atoms with Gasteiger partial charge in [0.15, 0.2) is 4.90 Å². The Hall–Kier alpha value is -2.81. The molecule has 1 aliphatic carbocycles. The van der Waals surface area contributed by atoms with Crippen molar-refractivity contribution in [2.45, 2.75) is 30.6 Å². The second-order valence-corrected chi connectivity index (χ2v) is 9.31. The van der Waals surface area contributed by atoms with Crippen LogP contribution in [-0.2, 0) is 17.8 Å². The SMILES string of the molecule is [O-][S+](NCC1CC1)c1ccc(Nc2nccc(N3CCCc4cc(O)ccc43)n2)cc1. The molecule has 0 saturated heterocycles. The maximum Gasteiger partial charge on any atom is 0.229 e. The van der Waals surface area contributed by atoms with Crippen LogP contribution in [0.5, 0.6) is 5.75 Å². The molecule has 0 bridgehead atoms. The van der Waals surface area contributed by atoms with E-state index in [2.05, 4.69) is 19.9 Å². The fourth-order valence-electron chi connectivity index (χ4n) is 3.77. The van der Waals surface area contributed by atoms with E-state index in [1.807, 2.05) is 42.5 Å². The van der Waals surface area contributed by atoms with Crippen LogP contribution in [0.1, 0.15) is 24.8 Å². The lowest BCUT2D eigenvalue weighted by atomic mass is 10.0. The summed E-state index contributed by atoms with van der Waals surface area (Å²) in [6, 6.07) is 14.9. The van der Waals surface area contributed by atoms with Crippen LogP contribution in [-0.4, -0.2) is 32.7 Å². The largest absolute Gasteiger partial charge is 0.593 e. The number of aromatic nitrogens is 2. The molecule has 3 N–H and O–H groups in total. The minimum atomic E-state index is -1.18. The van der Waals surface area contributed by atoms with Crippen LogP contribution in [0.25, 0.3) is 0 Å². The van der Waals surface area contributed by atoms with Gasteiger partial charge in [-0.1, -0.05) is 0 Å². The van der Waals surface area contributed by atoms with Crippen molar-refractivity contribution in [3.05, 3.63) is 60.3 Å². The van der Waals surface area contributed by atoms with Gasteiger partial charge < -0.3 is 19.9 Å². The maximum atomic E-state index is 12.3. The summed E-state index contributed by atoms with van der Waals surface area (Å²) < 4.78 is 15.4. The van der Waals surface area contributed by atoms with Crippen molar-refractivity contribution in [2.24, 2.45) is 5.92 Å². The van der Waals surface area contributed by atoms with E-state index in [0.29, 0.717) is 11.9 Å². The molecular formula is C23H25N5O2S. The zero-order chi connectivity index (χ0) is 21.2. The number of rotatable bonds is 7. The lowest BCUT2D eigenvalue weighted by Gasteiger charge is -2.30. The monoisotopic (exact) mass is 435 g/mol. The topological polar surface area (TPSA) is 96.4 Å². The Kier molecular flexibility index (Phi) is 5.67. The van der Waals surface area contributed by atoms with E-state index in [1.54, 1.807) is 12.3 Å². The summed E-state index contributed by atoms with van der Waals surface area (Å²) in [6.45, 7) is 1.68. The van der Waals surface area contributed by atoms with Crippen molar-refractivity contribution in [2.75, 3.05) is 23.3 Å². The van der Waals surface area contributed by atoms with Gasteiger partial charge in [-0.25, -0.2) is 4.98 Å². The zero-order valence-electron chi connectivity index (χ0n) is 17.1. The zero-order valence-corrected chi connectivity index (χ0v) is 17.9. The highest BCUT2D eigenvalue weighted by Crippen LogP contribution is 2.34. The van der Waals surface area contributed by atoms with Crippen LogP contribution in [0.15, 0.2) is 59.6 Å². The van der Waals surface area contributed by atoms with E-state index in [0.717, 1.165) is 53.6 Å². The van der Waals surface area contributed by atoms with E-state index >= 15 is 0 Å². The molecule has 2 heterocycles. The van der Waals surface area contributed by atoms with Crippen molar-refractivity contribution >= 4 is 34.5 Å². The molecule has 3 aromatic rings. The van der Waals surface area contributed by atoms with Crippen molar-refractivity contribution < 1.29 is 9.66 Å². The molecule has 1 atom stereocenters. The maximum absolute atomic E-state index is 12.3. The van der Waals surface area contributed by atoms with Gasteiger partial charge in [0.2, 0.25) is 5.95 Å². The molecular weight excluding hydrogens is 410 g/mol. The average Bonchev–Trinajstić information content (AvgIpc) is 3.62. The average molecular weight is 436 g/mol. The van der Waals surface area contributed by atoms with Gasteiger partial charge >= 0.3 is 0 Å². The molecule has 1 aliphatic heterocycles. The molecule has 8 heteroatoms. The Morgan fingerprint density at radius 2 is 1.97 bits per heavy atom. The Bertz CT molecular complexity index is 1060. The smallest absolute Gasteiger partial charge is 0.229 e. The Morgan fingerprint density at radius 3 is 2.77 bits per heavy atom. The molecule has 1 saturated carbocycles. The van der Waals surface area contributed by atoms with Crippen LogP contribution in [0, 0.1) is 5.92 Å². The summed E-state index contributed by atoms with van der Waals surface area (Å²) in [5.74, 6) is 2.29. The number of phenols is 1. The molecule has 0 amide bonds. The van der Waals surface area contributed by atoms with Gasteiger partial charge in [-0.2, -0.15) is 4.98 Å². The van der Waals surface area contributed by atoms with Gasteiger partial charge in [0.05, 0.1) is 11.4 Å². The molecule has 5 rings (SSSR count). The van der Waals surface area contributed by atoms with Crippen molar-refractivity contribution in [3.63, 3.8) is 0 Å². The summed E-state index contributed by atoms with van der Waals surface area (Å²) in [6.07, 6.45) is 6.15. The van der Waals surface area contributed by atoms with Crippen molar-refractivity contribution in [1.29, 1.82) is 0 Å². The van der Waals surface area contributed by atoms with Gasteiger partial charge in [0.25, 0.3) is 0 Å². The third-order valence-electron chi connectivity index (χ3n) is 5.62. The quantitative estimate of drug-likeness (QED) is 0.482. The van der Waals surface area contributed by atoms with Gasteiger partial charge in [-0.15, -0.1) is 4.72 Å². The summed E-state index contributed by atoms with van der Waals surface area (Å²) in [5, 5.41) is 13.0. The summed E-state index contributed by atoms with van der Waals surface area (Å²) in [5.41, 5.74) is 3.03. The third-order valence-corrected chi connectivity index (χ3v) is 6.75. The molecule has 0 spiro atoms. The number of aromatic hydroxyl groups is 1. The molecule has 2 aliphatic rings. The number of fused-ring (bicyclic) bond motifs is 1. The molecule has 160 valence electrons. The molecule has 2 aromatic carbocycles. The highest BCUT2D eigenvalue weighted by molar-refractivity contribution is 7.89. The van der Waals surface area contributed by atoms with Gasteiger partial charge in [0, 0.05) is 30.7 Å². The fourth-order valence-corrected chi connectivity index (χ4v) is 4.71. The summed E-state index contributed by atoms with van der Waals surface area (Å²) in [7, 11) is 0. The van der Waals surface area contributed by atoms with Crippen molar-refractivity contribution in [3.8, 4) is 5.75 Å². The van der Waals surface area contributed by atoms with E-state index in [4.69, 9.17) is 4.98 Å². The summed E-state index contributed by atoms with van der Waals surface area (Å²) >= 11 is -1.18. The number of aryl methyl sites for hydroxylation is 1. The number of hydrogen-bond donors (Lipinski definition) is 3. The molecule has 7 nitrogen and oxygen atoms in total. The highest BCUT2D eigenvalue weighted by Gasteiger charge is 2.24. The van der Waals surface area contributed by atoms with E-state index < -0.39 is 11.4 Å². The Labute approximate surface area is 184 Å². The lowest BCUT2D eigenvalue weighted by molar-refractivity contribution is 0.474. The number of nitrogens with one attached hydrogen (secondary N) is 2. The molecule has 1 unspecified atom stereocenters. The van der Waals surface area contributed by atoms with Crippen molar-refractivity contribution in [1.82, 2.24) is 14.7 Å². The van der Waals surface area contributed by atoms with E-state index in [9.17, 15) is 9.66 Å². The second kappa shape index (κ2) is 8.74. The molecule has 31 heavy (non-hydrogen) atoms. The second-order valence-electron chi connectivity index (χ2n) is 8.02. The highest BCUT2D eigenvalue weighted by atomic mass is 32.2. The Balaban J connectivity index is 1.29. The van der Waals surface area contributed by atoms with E-state index in [-0.39, 0.29) is 5.75 Å². The number of hydrogen-bond acceptors (Lipinski definition) is 7. The van der Waals surface area contributed by atoms with Gasteiger partial charge in [-0.3, -0.25) is 0 Å². The first kappa shape index (κ1) is 20.1. The fraction of sp³-hybridized carbons (Fsp3) is 0.304. The van der Waals surface area contributed by atoms with Crippen LogP contribution in [0.3, 0.4) is 0 Å². The van der Waals surface area contributed by atoms with Crippen LogP contribution in [0.2, 0.25) is 0 Å². The molecule has 1 fully saturated rings. The molecule has 1 aromatic heterocycles. The third kappa shape index (κ3) is 4.76. The lowest BCUT2D eigenvalue weighted by Crippen LogP contribution is -2.25. The van der Waals surface area contributed by atoms with Crippen LogP contribution in [0.4, 0.5) is 23.1 Å². The number of phenolic OH excluding ortho intramolecular Hbond substituents is 1. The standard InChI is InChI=1S/C23H25N5O2S/c29-19-7-10-21-17(14-19)2-1-13-28(21)22-11-12-24-23(27-22)26-18-5-8-20(9-6-18)31(30)25-15-16-3-4-16/h5-12,14,16,25,29H,1-4,13,15H2,(H,24,26,27). The van der Waals surface area contributed by atoms with Crippen LogP contribution < -0.4 is 14.9 Å². The van der Waals surface area contributed by atoms with Gasteiger partial charge in [0.1, 0.15) is 11.6 Å². The molecule has 0 radical (unpaired) electrons. The number of benzene rings is 2. The minimum Gasteiger partial charge on any atom is -0.593 e. The first-order valence-corrected chi connectivity index (χ1v) is 11.8. The number of nitrogens with zero attached hydrogens (tertiary/aromatic N) is 3. The first-order chi connectivity index (χ1) is 15.2. The van der Waals surface area contributed by atoms with E-state index in [1.165, 1.54) is 12.8 Å². The Morgan fingerprint density at radius 1 is 1.13 bits per heavy atom. The number of anilines is 4. The summed E-state index contributed by atoms with van der Waals surface area (Å²) in [4.78, 5) is 12.0. The predicted molar refractivity (Wildman–Crippen MR) is 122 cm³/mol. The predicted octanol–water partition coefficient (Wildman–Crippen LogP) is 4.03. The minimum absolute atomic E-state index is 0.290. The van der Waals surface area contributed by atoms with Crippen LogP contribution >= 0.6 is 0 Å². The van der Waals surface area contributed by atoms with Gasteiger partial charge in [-0.05, 0) is 85.7 Å². The first-order valence-electron chi connectivity index (χ1n) is 10.6.